The second-order valence-electron chi connectivity index (χ2n) is 6.36. The Labute approximate surface area is 153 Å². The molecule has 0 radical (unpaired) electrons. The van der Waals surface area contributed by atoms with E-state index < -0.39 is 5.97 Å². The number of methoxy groups -OCH3 is 2. The number of rotatable bonds is 6. The first kappa shape index (κ1) is 19.8. The van der Waals surface area contributed by atoms with E-state index in [0.29, 0.717) is 30.8 Å². The number of piperidine rings is 1. The van der Waals surface area contributed by atoms with Crippen LogP contribution < -0.4 is 10.1 Å². The van der Waals surface area contributed by atoms with Gasteiger partial charge in [-0.3, -0.25) is 9.59 Å². The van der Waals surface area contributed by atoms with E-state index in [1.165, 1.54) is 27.2 Å². The lowest BCUT2D eigenvalue weighted by Gasteiger charge is -2.36. The third-order valence-corrected chi connectivity index (χ3v) is 4.55. The molecule has 0 spiro atoms. The van der Waals surface area contributed by atoms with E-state index in [-0.39, 0.29) is 23.4 Å². The van der Waals surface area contributed by atoms with Crippen LogP contribution in [0.15, 0.2) is 18.2 Å². The number of esters is 1. The van der Waals surface area contributed by atoms with Crippen LogP contribution in [0.5, 0.6) is 5.75 Å². The molecule has 1 aliphatic rings. The highest BCUT2D eigenvalue weighted by Crippen LogP contribution is 2.24. The van der Waals surface area contributed by atoms with Crippen molar-refractivity contribution < 1.29 is 23.9 Å². The van der Waals surface area contributed by atoms with Gasteiger partial charge < -0.3 is 19.7 Å². The molecule has 1 atom stereocenters. The summed E-state index contributed by atoms with van der Waals surface area (Å²) in [5.74, 6) is -0.294. The first-order valence-electron chi connectivity index (χ1n) is 8.79. The zero-order valence-corrected chi connectivity index (χ0v) is 15.5. The molecule has 1 aliphatic heterocycles. The number of hydrogen-bond donors (Lipinski definition) is 1. The Morgan fingerprint density at radius 3 is 2.54 bits per heavy atom. The van der Waals surface area contributed by atoms with Crippen molar-refractivity contribution in [1.29, 1.82) is 0 Å². The van der Waals surface area contributed by atoms with Gasteiger partial charge in [0.25, 0.3) is 5.91 Å². The average Bonchev–Trinajstić information content (AvgIpc) is 2.66. The minimum Gasteiger partial charge on any atom is -0.497 e. The van der Waals surface area contributed by atoms with Gasteiger partial charge in [-0.1, -0.05) is 0 Å². The van der Waals surface area contributed by atoms with E-state index >= 15 is 0 Å². The van der Waals surface area contributed by atoms with Crippen LogP contribution in [-0.2, 0) is 9.53 Å². The molecule has 142 valence electrons. The van der Waals surface area contributed by atoms with Crippen molar-refractivity contribution in [3.8, 4) is 5.75 Å². The lowest BCUT2D eigenvalue weighted by Crippen LogP contribution is -2.45. The number of hydrogen-bond acceptors (Lipinski definition) is 5. The standard InChI is InChI=1S/C19H26N2O5/c1-13(22)20-8-7-16-6-4-5-9-21(16)18(23)14-10-15(19(24)26-3)12-17(11-14)25-2/h10-12,16H,4-9H2,1-3H3,(H,20,22)/t16-/m0/s1. The number of nitrogens with zero attached hydrogens (tertiary/aromatic N) is 1. The second-order valence-corrected chi connectivity index (χ2v) is 6.36. The number of carbonyl (C=O) groups excluding carboxylic acids is 3. The molecule has 0 aliphatic carbocycles. The smallest absolute Gasteiger partial charge is 0.338 e. The molecule has 7 nitrogen and oxygen atoms in total. The average molecular weight is 362 g/mol. The first-order chi connectivity index (χ1) is 12.5. The molecule has 0 bridgehead atoms. The number of ether oxygens (including phenoxy) is 2. The maximum Gasteiger partial charge on any atom is 0.338 e. The molecule has 1 fully saturated rings. The molecule has 0 aromatic heterocycles. The second kappa shape index (κ2) is 9.22. The van der Waals surface area contributed by atoms with Gasteiger partial charge >= 0.3 is 5.97 Å². The Morgan fingerprint density at radius 2 is 1.88 bits per heavy atom. The molecule has 1 saturated heterocycles. The fourth-order valence-corrected chi connectivity index (χ4v) is 3.22. The van der Waals surface area contributed by atoms with E-state index in [1.54, 1.807) is 12.1 Å². The SMILES string of the molecule is COC(=O)c1cc(OC)cc(C(=O)N2CCCC[C@H]2CCNC(C)=O)c1. The quantitative estimate of drug-likeness (QED) is 0.783. The molecule has 26 heavy (non-hydrogen) atoms. The van der Waals surface area contributed by atoms with Crippen LogP contribution in [0.1, 0.15) is 53.3 Å². The van der Waals surface area contributed by atoms with Crippen molar-refractivity contribution >= 4 is 17.8 Å². The normalized spacial score (nSPS) is 16.7. The highest BCUT2D eigenvalue weighted by atomic mass is 16.5. The van der Waals surface area contributed by atoms with Crippen molar-refractivity contribution in [2.45, 2.75) is 38.6 Å². The molecule has 7 heteroatoms. The largest absolute Gasteiger partial charge is 0.497 e. The first-order valence-corrected chi connectivity index (χ1v) is 8.79. The fraction of sp³-hybridized carbons (Fsp3) is 0.526. The van der Waals surface area contributed by atoms with Crippen LogP contribution in [0.2, 0.25) is 0 Å². The molecular formula is C19H26N2O5. The minimum atomic E-state index is -0.515. The number of amides is 2. The molecular weight excluding hydrogens is 336 g/mol. The van der Waals surface area contributed by atoms with Gasteiger partial charge in [-0.15, -0.1) is 0 Å². The van der Waals surface area contributed by atoms with Gasteiger partial charge in [0.2, 0.25) is 5.91 Å². The monoisotopic (exact) mass is 362 g/mol. The summed E-state index contributed by atoms with van der Waals surface area (Å²) in [5, 5.41) is 2.78. The molecule has 0 saturated carbocycles. The van der Waals surface area contributed by atoms with Gasteiger partial charge in [0.05, 0.1) is 19.8 Å². The number of likely N-dealkylation sites (tertiary alicyclic amines) is 1. The molecule has 1 aromatic carbocycles. The Bertz CT molecular complexity index is 674. The van der Waals surface area contributed by atoms with Crippen LogP contribution in [0.25, 0.3) is 0 Å². The van der Waals surface area contributed by atoms with Crippen molar-refractivity contribution in [2.24, 2.45) is 0 Å². The zero-order valence-electron chi connectivity index (χ0n) is 15.5. The van der Waals surface area contributed by atoms with E-state index in [2.05, 4.69) is 5.32 Å². The Kier molecular flexibility index (Phi) is 7.00. The van der Waals surface area contributed by atoms with Crippen molar-refractivity contribution in [1.82, 2.24) is 10.2 Å². The van der Waals surface area contributed by atoms with E-state index in [4.69, 9.17) is 9.47 Å². The summed E-state index contributed by atoms with van der Waals surface area (Å²) in [4.78, 5) is 37.8. The number of nitrogens with one attached hydrogen (secondary N) is 1. The highest BCUT2D eigenvalue weighted by Gasteiger charge is 2.28. The van der Waals surface area contributed by atoms with E-state index in [9.17, 15) is 14.4 Å². The maximum atomic E-state index is 13.1. The predicted molar refractivity (Wildman–Crippen MR) is 96.3 cm³/mol. The molecule has 2 amide bonds. The number of benzene rings is 1. The molecule has 1 N–H and O–H groups in total. The van der Waals surface area contributed by atoms with Crippen LogP contribution in [0.4, 0.5) is 0 Å². The molecule has 0 unspecified atom stereocenters. The van der Waals surface area contributed by atoms with Gasteiger partial charge in [0.1, 0.15) is 5.75 Å². The van der Waals surface area contributed by atoms with Crippen LogP contribution in [-0.4, -0.2) is 56.0 Å². The van der Waals surface area contributed by atoms with Crippen molar-refractivity contribution in [2.75, 3.05) is 27.3 Å². The van der Waals surface area contributed by atoms with Crippen molar-refractivity contribution in [3.63, 3.8) is 0 Å². The third-order valence-electron chi connectivity index (χ3n) is 4.55. The van der Waals surface area contributed by atoms with Crippen LogP contribution >= 0.6 is 0 Å². The topological polar surface area (TPSA) is 84.9 Å². The Balaban J connectivity index is 2.21. The summed E-state index contributed by atoms with van der Waals surface area (Å²) in [6, 6.07) is 4.79. The summed E-state index contributed by atoms with van der Waals surface area (Å²) in [5.41, 5.74) is 0.679. The highest BCUT2D eigenvalue weighted by molar-refractivity contribution is 5.98. The lowest BCUT2D eigenvalue weighted by atomic mass is 9.97. The fourth-order valence-electron chi connectivity index (χ4n) is 3.22. The van der Waals surface area contributed by atoms with Crippen molar-refractivity contribution in [3.05, 3.63) is 29.3 Å². The Morgan fingerprint density at radius 1 is 1.15 bits per heavy atom. The van der Waals surface area contributed by atoms with Gasteiger partial charge in [-0.05, 0) is 43.9 Å². The van der Waals surface area contributed by atoms with Crippen LogP contribution in [0, 0.1) is 0 Å². The van der Waals surface area contributed by atoms with Crippen LogP contribution in [0.3, 0.4) is 0 Å². The third kappa shape index (κ3) is 4.97. The number of carbonyl (C=O) groups is 3. The summed E-state index contributed by atoms with van der Waals surface area (Å²) >= 11 is 0. The predicted octanol–water partition coefficient (Wildman–Crippen LogP) is 2.00. The Hall–Kier alpha value is -2.57. The summed E-state index contributed by atoms with van der Waals surface area (Å²) < 4.78 is 9.97. The van der Waals surface area contributed by atoms with E-state index in [0.717, 1.165) is 19.3 Å². The van der Waals surface area contributed by atoms with Gasteiger partial charge in [0.15, 0.2) is 0 Å². The summed E-state index contributed by atoms with van der Waals surface area (Å²) in [6.07, 6.45) is 3.61. The lowest BCUT2D eigenvalue weighted by molar-refractivity contribution is -0.119. The summed E-state index contributed by atoms with van der Waals surface area (Å²) in [7, 11) is 2.79. The van der Waals surface area contributed by atoms with Gasteiger partial charge in [-0.2, -0.15) is 0 Å². The summed E-state index contributed by atoms with van der Waals surface area (Å²) in [6.45, 7) is 2.68. The van der Waals surface area contributed by atoms with E-state index in [1.807, 2.05) is 4.90 Å². The maximum absolute atomic E-state index is 13.1. The molecule has 1 heterocycles. The van der Waals surface area contributed by atoms with Gasteiger partial charge in [-0.25, -0.2) is 4.79 Å². The van der Waals surface area contributed by atoms with Gasteiger partial charge in [0, 0.05) is 31.6 Å². The zero-order chi connectivity index (χ0) is 19.1. The minimum absolute atomic E-state index is 0.0656. The molecule has 2 rings (SSSR count). The molecule has 1 aromatic rings.